The molecule has 4 nitrogen and oxygen atoms in total. The van der Waals surface area contributed by atoms with Gasteiger partial charge in [-0.25, -0.2) is 0 Å². The first-order valence-corrected chi connectivity index (χ1v) is 7.85. The number of phenolic OH excluding ortho intramolecular Hbond substituents is 1. The van der Waals surface area contributed by atoms with Crippen LogP contribution in [0.5, 0.6) is 11.5 Å². The summed E-state index contributed by atoms with van der Waals surface area (Å²) in [5.74, 6) is 1.37. The van der Waals surface area contributed by atoms with Crippen molar-refractivity contribution in [2.24, 2.45) is 0 Å². The number of nitrogens with one attached hydrogen (secondary N) is 1. The maximum Gasteiger partial charge on any atom is 0.128 e. The summed E-state index contributed by atoms with van der Waals surface area (Å²) in [4.78, 5) is 5.22. The summed E-state index contributed by atoms with van der Waals surface area (Å²) < 4.78 is 6.43. The van der Waals surface area contributed by atoms with Crippen LogP contribution in [0.1, 0.15) is 60.9 Å². The highest BCUT2D eigenvalue weighted by Gasteiger charge is 2.47. The maximum absolute atomic E-state index is 10.5. The van der Waals surface area contributed by atoms with Gasteiger partial charge >= 0.3 is 0 Å². The van der Waals surface area contributed by atoms with Gasteiger partial charge in [-0.2, -0.15) is 5.48 Å². The van der Waals surface area contributed by atoms with Crippen molar-refractivity contribution in [1.82, 2.24) is 5.48 Å². The number of aromatic hydroxyl groups is 1. The SMILES string of the molecule is CCc1c(O)c(C)c(C)c2c1C(NOC)CC1(CCC1)O2. The molecule has 1 aliphatic heterocycles. The number of fused-ring (bicyclic) bond motifs is 1. The minimum absolute atomic E-state index is 0.0393. The van der Waals surface area contributed by atoms with Gasteiger partial charge in [0.25, 0.3) is 0 Å². The van der Waals surface area contributed by atoms with Gasteiger partial charge in [0, 0.05) is 17.5 Å². The molecule has 2 aliphatic rings. The highest BCUT2D eigenvalue weighted by atomic mass is 16.6. The average molecular weight is 291 g/mol. The molecule has 0 radical (unpaired) electrons. The molecule has 21 heavy (non-hydrogen) atoms. The highest BCUT2D eigenvalue weighted by molar-refractivity contribution is 5.60. The molecule has 116 valence electrons. The summed E-state index contributed by atoms with van der Waals surface area (Å²) in [7, 11) is 1.65. The third kappa shape index (κ3) is 2.12. The molecule has 1 aromatic carbocycles. The second-order valence-electron chi connectivity index (χ2n) is 6.39. The quantitative estimate of drug-likeness (QED) is 0.837. The number of hydrogen-bond donors (Lipinski definition) is 2. The number of phenols is 1. The number of hydrogen-bond acceptors (Lipinski definition) is 4. The van der Waals surface area contributed by atoms with Crippen molar-refractivity contribution < 1.29 is 14.7 Å². The summed E-state index contributed by atoms with van der Waals surface area (Å²) in [6.45, 7) is 6.07. The molecule has 1 aromatic rings. The zero-order valence-corrected chi connectivity index (χ0v) is 13.4. The van der Waals surface area contributed by atoms with E-state index in [1.807, 2.05) is 13.8 Å². The van der Waals surface area contributed by atoms with Crippen LogP contribution >= 0.6 is 0 Å². The number of hydroxylamine groups is 1. The topological polar surface area (TPSA) is 50.7 Å². The zero-order valence-electron chi connectivity index (χ0n) is 13.4. The molecule has 0 aromatic heterocycles. The number of rotatable bonds is 3. The highest BCUT2D eigenvalue weighted by Crippen LogP contribution is 2.53. The Labute approximate surface area is 126 Å². The van der Waals surface area contributed by atoms with Gasteiger partial charge < -0.3 is 14.7 Å². The molecule has 4 heteroatoms. The molecular formula is C17H25NO3. The Morgan fingerprint density at radius 3 is 2.57 bits per heavy atom. The molecule has 0 saturated heterocycles. The molecule has 1 fully saturated rings. The van der Waals surface area contributed by atoms with Crippen molar-refractivity contribution in [1.29, 1.82) is 0 Å². The minimum atomic E-state index is -0.0393. The third-order valence-corrected chi connectivity index (χ3v) is 5.24. The summed E-state index contributed by atoms with van der Waals surface area (Å²) >= 11 is 0. The van der Waals surface area contributed by atoms with Crippen molar-refractivity contribution in [3.63, 3.8) is 0 Å². The van der Waals surface area contributed by atoms with Crippen LogP contribution in [0.4, 0.5) is 0 Å². The van der Waals surface area contributed by atoms with Gasteiger partial charge in [-0.05, 0) is 50.7 Å². The standard InChI is InChI=1S/C17H25NO3/c1-5-12-14-13(18-20-4)9-17(7-6-8-17)21-16(14)11(3)10(2)15(12)19/h13,18-19H,5-9H2,1-4H3. The van der Waals surface area contributed by atoms with Gasteiger partial charge in [-0.1, -0.05) is 6.92 Å². The van der Waals surface area contributed by atoms with E-state index in [0.717, 1.165) is 53.7 Å². The van der Waals surface area contributed by atoms with Gasteiger partial charge in [0.05, 0.1) is 13.2 Å². The summed E-state index contributed by atoms with van der Waals surface area (Å²) in [5, 5.41) is 10.5. The van der Waals surface area contributed by atoms with Crippen LogP contribution in [-0.2, 0) is 11.3 Å². The fourth-order valence-electron chi connectivity index (χ4n) is 3.75. The van der Waals surface area contributed by atoms with E-state index in [0.29, 0.717) is 5.75 Å². The van der Waals surface area contributed by atoms with E-state index >= 15 is 0 Å². The van der Waals surface area contributed by atoms with Gasteiger partial charge in [-0.3, -0.25) is 0 Å². The van der Waals surface area contributed by atoms with Gasteiger partial charge in [-0.15, -0.1) is 0 Å². The maximum atomic E-state index is 10.5. The molecular weight excluding hydrogens is 266 g/mol. The Bertz CT molecular complexity index is 564. The lowest BCUT2D eigenvalue weighted by Crippen LogP contribution is -2.49. The first kappa shape index (κ1) is 14.7. The monoisotopic (exact) mass is 291 g/mol. The smallest absolute Gasteiger partial charge is 0.128 e. The third-order valence-electron chi connectivity index (χ3n) is 5.24. The molecule has 1 spiro atoms. The zero-order chi connectivity index (χ0) is 15.2. The Morgan fingerprint density at radius 1 is 1.33 bits per heavy atom. The van der Waals surface area contributed by atoms with E-state index in [1.54, 1.807) is 7.11 Å². The lowest BCUT2D eigenvalue weighted by atomic mass is 9.72. The van der Waals surface area contributed by atoms with Crippen molar-refractivity contribution in [2.45, 2.75) is 64.5 Å². The molecule has 1 aliphatic carbocycles. The van der Waals surface area contributed by atoms with E-state index in [2.05, 4.69) is 12.4 Å². The Kier molecular flexibility index (Phi) is 3.62. The van der Waals surface area contributed by atoms with Crippen LogP contribution in [0, 0.1) is 13.8 Å². The summed E-state index contributed by atoms with van der Waals surface area (Å²) in [6.07, 6.45) is 5.13. The Hall–Kier alpha value is -1.26. The fourth-order valence-corrected chi connectivity index (χ4v) is 3.75. The lowest BCUT2D eigenvalue weighted by Gasteiger charge is -2.49. The van der Waals surface area contributed by atoms with E-state index in [4.69, 9.17) is 9.57 Å². The Balaban J connectivity index is 2.18. The van der Waals surface area contributed by atoms with Crippen LogP contribution in [0.2, 0.25) is 0 Å². The van der Waals surface area contributed by atoms with Crippen molar-refractivity contribution in [3.05, 3.63) is 22.3 Å². The summed E-state index contributed by atoms with van der Waals surface area (Å²) in [6, 6.07) is 0.0826. The van der Waals surface area contributed by atoms with Crippen molar-refractivity contribution in [2.75, 3.05) is 7.11 Å². The van der Waals surface area contributed by atoms with Crippen LogP contribution in [0.15, 0.2) is 0 Å². The molecule has 1 saturated carbocycles. The molecule has 0 bridgehead atoms. The predicted octanol–water partition coefficient (Wildman–Crippen LogP) is 3.47. The normalized spacial score (nSPS) is 22.6. The van der Waals surface area contributed by atoms with Crippen LogP contribution in [-0.4, -0.2) is 17.8 Å². The van der Waals surface area contributed by atoms with Crippen molar-refractivity contribution >= 4 is 0 Å². The first-order chi connectivity index (χ1) is 10.0. The van der Waals surface area contributed by atoms with Gasteiger partial charge in [0.15, 0.2) is 0 Å². The lowest BCUT2D eigenvalue weighted by molar-refractivity contribution is -0.0607. The molecule has 1 unspecified atom stereocenters. The Morgan fingerprint density at radius 2 is 2.05 bits per heavy atom. The van der Waals surface area contributed by atoms with Gasteiger partial charge in [0.1, 0.15) is 17.1 Å². The number of benzene rings is 1. The molecule has 2 N–H and O–H groups in total. The van der Waals surface area contributed by atoms with Crippen LogP contribution in [0.3, 0.4) is 0 Å². The van der Waals surface area contributed by atoms with Crippen molar-refractivity contribution in [3.8, 4) is 11.5 Å². The molecule has 0 amide bonds. The van der Waals surface area contributed by atoms with E-state index in [9.17, 15) is 5.11 Å². The minimum Gasteiger partial charge on any atom is -0.507 e. The summed E-state index contributed by atoms with van der Waals surface area (Å²) in [5.41, 5.74) is 7.12. The number of ether oxygens (including phenoxy) is 1. The van der Waals surface area contributed by atoms with E-state index < -0.39 is 0 Å². The largest absolute Gasteiger partial charge is 0.507 e. The van der Waals surface area contributed by atoms with Crippen LogP contribution in [0.25, 0.3) is 0 Å². The second kappa shape index (κ2) is 5.18. The molecule has 3 rings (SSSR count). The molecule has 1 atom stereocenters. The van der Waals surface area contributed by atoms with E-state index in [-0.39, 0.29) is 11.6 Å². The van der Waals surface area contributed by atoms with Gasteiger partial charge in [0.2, 0.25) is 0 Å². The average Bonchev–Trinajstić information content (AvgIpc) is 2.44. The predicted molar refractivity (Wildman–Crippen MR) is 81.7 cm³/mol. The first-order valence-electron chi connectivity index (χ1n) is 7.85. The molecule has 1 heterocycles. The second-order valence-corrected chi connectivity index (χ2v) is 6.39. The van der Waals surface area contributed by atoms with E-state index in [1.165, 1.54) is 6.42 Å². The van der Waals surface area contributed by atoms with Crippen LogP contribution < -0.4 is 10.2 Å². The fraction of sp³-hybridized carbons (Fsp3) is 0.647.